The van der Waals surface area contributed by atoms with Gasteiger partial charge in [-0.1, -0.05) is 5.92 Å². The van der Waals surface area contributed by atoms with Crippen LogP contribution in [0.2, 0.25) is 0 Å². The molecule has 32 heavy (non-hydrogen) atoms. The maximum absolute atomic E-state index is 14.3. The summed E-state index contributed by atoms with van der Waals surface area (Å²) in [7, 11) is 0. The second kappa shape index (κ2) is 9.13. The molecule has 2 aromatic carbocycles. The largest absolute Gasteiger partial charge is 0.491 e. The first-order chi connectivity index (χ1) is 15.1. The molecule has 0 amide bonds. The summed E-state index contributed by atoms with van der Waals surface area (Å²) in [6, 6.07) is 1.23. The van der Waals surface area contributed by atoms with Crippen LogP contribution < -0.4 is 9.47 Å². The van der Waals surface area contributed by atoms with Crippen molar-refractivity contribution in [2.75, 3.05) is 6.61 Å². The number of ether oxygens (including phenoxy) is 2. The zero-order valence-electron chi connectivity index (χ0n) is 16.0. The molecular weight excluding hydrogens is 445 g/mol. The van der Waals surface area contributed by atoms with Crippen molar-refractivity contribution in [3.05, 3.63) is 82.7 Å². The van der Waals surface area contributed by atoms with Gasteiger partial charge in [0.15, 0.2) is 23.2 Å². The molecule has 166 valence electrons. The van der Waals surface area contributed by atoms with Gasteiger partial charge in [0, 0.05) is 17.7 Å². The van der Waals surface area contributed by atoms with Gasteiger partial charge in [0.2, 0.25) is 5.82 Å². The number of benzene rings is 2. The molecule has 0 N–H and O–H groups in total. The predicted octanol–water partition coefficient (Wildman–Crippen LogP) is 5.10. The second-order valence-corrected chi connectivity index (χ2v) is 6.06. The minimum atomic E-state index is -4.69. The number of aromatic nitrogens is 2. The average Bonchev–Trinajstić information content (AvgIpc) is 2.70. The lowest BCUT2D eigenvalue weighted by atomic mass is 10.1. The SMILES string of the molecule is CCOc1cnc(C#Cc2cc(F)c(C(F)(F)Oc3cc(F)c(F)c(F)c3)c(F)c2)nc1. The first-order valence-electron chi connectivity index (χ1n) is 8.78. The number of alkyl halides is 2. The Hall–Kier alpha value is -3.81. The fourth-order valence-electron chi connectivity index (χ4n) is 2.46. The second-order valence-electron chi connectivity index (χ2n) is 6.06. The molecular formula is C21H11F7N2O2. The minimum Gasteiger partial charge on any atom is -0.491 e. The predicted molar refractivity (Wildman–Crippen MR) is 96.4 cm³/mol. The molecule has 0 fully saturated rings. The van der Waals surface area contributed by atoms with E-state index in [2.05, 4.69) is 26.5 Å². The van der Waals surface area contributed by atoms with E-state index in [-0.39, 0.29) is 23.5 Å². The molecule has 0 atom stereocenters. The van der Waals surface area contributed by atoms with Crippen LogP contribution in [0.1, 0.15) is 23.9 Å². The van der Waals surface area contributed by atoms with Crippen LogP contribution in [0.5, 0.6) is 11.5 Å². The van der Waals surface area contributed by atoms with Crippen LogP contribution in [0.3, 0.4) is 0 Å². The van der Waals surface area contributed by atoms with Crippen LogP contribution >= 0.6 is 0 Å². The summed E-state index contributed by atoms with van der Waals surface area (Å²) >= 11 is 0. The molecule has 1 aromatic heterocycles. The van der Waals surface area contributed by atoms with Gasteiger partial charge < -0.3 is 9.47 Å². The van der Waals surface area contributed by atoms with E-state index in [4.69, 9.17) is 4.74 Å². The lowest BCUT2D eigenvalue weighted by Gasteiger charge is -2.19. The van der Waals surface area contributed by atoms with Gasteiger partial charge in [0.1, 0.15) is 22.9 Å². The molecule has 0 bridgehead atoms. The van der Waals surface area contributed by atoms with Gasteiger partial charge in [-0.15, -0.1) is 0 Å². The van der Waals surface area contributed by atoms with Crippen LogP contribution in [0.25, 0.3) is 0 Å². The zero-order valence-corrected chi connectivity index (χ0v) is 16.0. The van der Waals surface area contributed by atoms with Crippen LogP contribution in [-0.2, 0) is 6.11 Å². The van der Waals surface area contributed by atoms with Crippen molar-refractivity contribution in [3.8, 4) is 23.3 Å². The van der Waals surface area contributed by atoms with Crippen LogP contribution in [0, 0.1) is 40.9 Å². The fourth-order valence-corrected chi connectivity index (χ4v) is 2.46. The molecule has 0 saturated heterocycles. The summed E-state index contributed by atoms with van der Waals surface area (Å²) in [4.78, 5) is 7.71. The van der Waals surface area contributed by atoms with Gasteiger partial charge >= 0.3 is 6.11 Å². The van der Waals surface area contributed by atoms with Gasteiger partial charge in [-0.25, -0.2) is 31.9 Å². The van der Waals surface area contributed by atoms with E-state index in [1.165, 1.54) is 12.4 Å². The van der Waals surface area contributed by atoms with Crippen molar-refractivity contribution in [3.63, 3.8) is 0 Å². The maximum Gasteiger partial charge on any atom is 0.432 e. The highest BCUT2D eigenvalue weighted by molar-refractivity contribution is 5.42. The van der Waals surface area contributed by atoms with Gasteiger partial charge in [0.25, 0.3) is 0 Å². The fraction of sp³-hybridized carbons (Fsp3) is 0.143. The number of rotatable bonds is 5. The smallest absolute Gasteiger partial charge is 0.432 e. The van der Waals surface area contributed by atoms with E-state index in [9.17, 15) is 30.7 Å². The third kappa shape index (κ3) is 5.08. The van der Waals surface area contributed by atoms with Crippen LogP contribution in [-0.4, -0.2) is 16.6 Å². The molecule has 0 unspecified atom stereocenters. The van der Waals surface area contributed by atoms with Crippen molar-refractivity contribution in [1.82, 2.24) is 9.97 Å². The molecule has 0 radical (unpaired) electrons. The van der Waals surface area contributed by atoms with Gasteiger partial charge in [-0.3, -0.25) is 0 Å². The Balaban J connectivity index is 1.87. The number of hydrogen-bond donors (Lipinski definition) is 0. The molecule has 4 nitrogen and oxygen atoms in total. The first-order valence-corrected chi connectivity index (χ1v) is 8.78. The molecule has 0 saturated carbocycles. The summed E-state index contributed by atoms with van der Waals surface area (Å²) in [6.45, 7) is 2.14. The molecule has 11 heteroatoms. The van der Waals surface area contributed by atoms with Gasteiger partial charge in [0.05, 0.1) is 19.0 Å². The van der Waals surface area contributed by atoms with E-state index in [0.29, 0.717) is 24.5 Å². The van der Waals surface area contributed by atoms with E-state index in [0.717, 1.165) is 0 Å². The first kappa shape index (κ1) is 22.9. The van der Waals surface area contributed by atoms with Crippen molar-refractivity contribution in [1.29, 1.82) is 0 Å². The quantitative estimate of drug-likeness (QED) is 0.305. The Labute approximate surface area is 176 Å². The molecule has 0 aliphatic carbocycles. The maximum atomic E-state index is 14.3. The lowest BCUT2D eigenvalue weighted by Crippen LogP contribution is -2.25. The normalized spacial score (nSPS) is 11.0. The molecule has 0 aliphatic rings. The Kier molecular flexibility index (Phi) is 6.53. The Morgan fingerprint density at radius 2 is 1.38 bits per heavy atom. The van der Waals surface area contributed by atoms with E-state index in [1.54, 1.807) is 6.92 Å². The van der Waals surface area contributed by atoms with Crippen LogP contribution in [0.4, 0.5) is 30.7 Å². The summed E-state index contributed by atoms with van der Waals surface area (Å²) in [5.41, 5.74) is -2.15. The Morgan fingerprint density at radius 3 is 1.91 bits per heavy atom. The topological polar surface area (TPSA) is 44.2 Å². The highest BCUT2D eigenvalue weighted by Gasteiger charge is 2.41. The highest BCUT2D eigenvalue weighted by Crippen LogP contribution is 2.36. The molecule has 3 rings (SSSR count). The van der Waals surface area contributed by atoms with Crippen molar-refractivity contribution in [2.45, 2.75) is 13.0 Å². The molecule has 1 heterocycles. The minimum absolute atomic E-state index is 0.0210. The van der Waals surface area contributed by atoms with Crippen LogP contribution in [0.15, 0.2) is 36.7 Å². The number of nitrogens with zero attached hydrogens (tertiary/aromatic N) is 2. The van der Waals surface area contributed by atoms with Gasteiger partial charge in [-0.05, 0) is 25.0 Å². The van der Waals surface area contributed by atoms with E-state index in [1.807, 2.05) is 0 Å². The third-order valence-corrected chi connectivity index (χ3v) is 3.79. The zero-order chi connectivity index (χ0) is 23.5. The molecule has 0 aliphatic heterocycles. The Bertz CT molecular complexity index is 1160. The van der Waals surface area contributed by atoms with Crippen molar-refractivity contribution >= 4 is 0 Å². The summed E-state index contributed by atoms with van der Waals surface area (Å²) < 4.78 is 106. The molecule has 3 aromatic rings. The van der Waals surface area contributed by atoms with Crippen molar-refractivity contribution in [2.24, 2.45) is 0 Å². The monoisotopic (exact) mass is 456 g/mol. The van der Waals surface area contributed by atoms with Gasteiger partial charge in [-0.2, -0.15) is 8.78 Å². The molecule has 0 spiro atoms. The van der Waals surface area contributed by atoms with Crippen molar-refractivity contribution < 1.29 is 40.2 Å². The standard InChI is InChI=1S/C21H11F7N2O2/c1-2-31-13-9-29-18(30-10-13)4-3-11-5-14(22)19(15(23)6-11)21(27,28)32-12-7-16(24)20(26)17(25)8-12/h5-10H,2H2,1H3. The number of hydrogen-bond acceptors (Lipinski definition) is 4. The lowest BCUT2D eigenvalue weighted by molar-refractivity contribution is -0.189. The third-order valence-electron chi connectivity index (χ3n) is 3.79. The average molecular weight is 456 g/mol. The highest BCUT2D eigenvalue weighted by atomic mass is 19.3. The van der Waals surface area contributed by atoms with E-state index < -0.39 is 46.5 Å². The summed E-state index contributed by atoms with van der Waals surface area (Å²) in [5.74, 6) is -5.14. The Morgan fingerprint density at radius 1 is 0.812 bits per heavy atom. The summed E-state index contributed by atoms with van der Waals surface area (Å²) in [6.07, 6.45) is -2.04. The van der Waals surface area contributed by atoms with E-state index >= 15 is 0 Å². The summed E-state index contributed by atoms with van der Waals surface area (Å²) in [5, 5.41) is 0. The number of halogens is 7.